The maximum Gasteiger partial charge on any atom is 0.247 e. The molecule has 4 heteroatoms. The van der Waals surface area contributed by atoms with Crippen LogP contribution in [0.5, 0.6) is 11.5 Å². The molecule has 3 rings (SSSR count). The minimum absolute atomic E-state index is 0.156. The third kappa shape index (κ3) is 1.98. The van der Waals surface area contributed by atoms with Crippen LogP contribution in [0.25, 0.3) is 11.0 Å². The summed E-state index contributed by atoms with van der Waals surface area (Å²) >= 11 is 0. The van der Waals surface area contributed by atoms with Crippen molar-refractivity contribution in [3.8, 4) is 17.6 Å². The maximum absolute atomic E-state index is 9.10. The van der Waals surface area contributed by atoms with Crippen LogP contribution in [-0.4, -0.2) is 0 Å². The van der Waals surface area contributed by atoms with Crippen LogP contribution in [-0.2, 0) is 0 Å². The highest BCUT2D eigenvalue weighted by Crippen LogP contribution is 2.36. The molecule has 3 aromatic rings. The molecule has 0 saturated carbocycles. The topological polar surface area (TPSA) is 72.2 Å². The van der Waals surface area contributed by atoms with Gasteiger partial charge in [-0.25, -0.2) is 0 Å². The first-order chi connectivity index (χ1) is 9.28. The van der Waals surface area contributed by atoms with Crippen molar-refractivity contribution >= 4 is 16.7 Å². The summed E-state index contributed by atoms with van der Waals surface area (Å²) in [5.74, 6) is 1.15. The standard InChI is InChI=1S/C15H10N2O2/c16-9-14-15(12-6-1-2-7-13(12)19-14)18-11-5-3-4-10(17)8-11/h1-8H,17H2. The first-order valence-electron chi connectivity index (χ1n) is 5.73. The van der Waals surface area contributed by atoms with Crippen molar-refractivity contribution in [3.05, 3.63) is 54.3 Å². The number of nitrogen functional groups attached to an aromatic ring is 1. The van der Waals surface area contributed by atoms with Gasteiger partial charge in [0, 0.05) is 11.8 Å². The smallest absolute Gasteiger partial charge is 0.247 e. The quantitative estimate of drug-likeness (QED) is 0.704. The largest absolute Gasteiger partial charge is 0.452 e. The summed E-state index contributed by atoms with van der Waals surface area (Å²) in [4.78, 5) is 0. The first-order valence-corrected chi connectivity index (χ1v) is 5.73. The first kappa shape index (κ1) is 11.2. The highest BCUT2D eigenvalue weighted by atomic mass is 16.5. The Labute approximate surface area is 109 Å². The molecule has 2 aromatic carbocycles. The van der Waals surface area contributed by atoms with Crippen LogP contribution in [0.1, 0.15) is 5.76 Å². The SMILES string of the molecule is N#Cc1oc2ccccc2c1Oc1cccc(N)c1. The van der Waals surface area contributed by atoms with Crippen molar-refractivity contribution in [2.24, 2.45) is 0 Å². The summed E-state index contributed by atoms with van der Waals surface area (Å²) in [5, 5.41) is 9.87. The van der Waals surface area contributed by atoms with Crippen LogP contribution in [0.3, 0.4) is 0 Å². The van der Waals surface area contributed by atoms with Gasteiger partial charge < -0.3 is 14.9 Å². The predicted molar refractivity (Wildman–Crippen MR) is 71.9 cm³/mol. The van der Waals surface area contributed by atoms with Crippen molar-refractivity contribution in [3.63, 3.8) is 0 Å². The average molecular weight is 250 g/mol. The number of para-hydroxylation sites is 1. The van der Waals surface area contributed by atoms with E-state index in [0.717, 1.165) is 5.39 Å². The summed E-state index contributed by atoms with van der Waals surface area (Å²) in [7, 11) is 0. The van der Waals surface area contributed by atoms with Crippen molar-refractivity contribution in [1.82, 2.24) is 0 Å². The number of benzene rings is 2. The van der Waals surface area contributed by atoms with Crippen LogP contribution >= 0.6 is 0 Å². The lowest BCUT2D eigenvalue weighted by atomic mass is 10.2. The Kier molecular flexibility index (Phi) is 2.58. The van der Waals surface area contributed by atoms with Gasteiger partial charge in [0.1, 0.15) is 17.4 Å². The third-order valence-corrected chi connectivity index (χ3v) is 2.73. The maximum atomic E-state index is 9.10. The van der Waals surface area contributed by atoms with Gasteiger partial charge in [0.25, 0.3) is 0 Å². The highest BCUT2D eigenvalue weighted by Gasteiger charge is 2.15. The molecule has 19 heavy (non-hydrogen) atoms. The Balaban J connectivity index is 2.12. The van der Waals surface area contributed by atoms with Crippen LogP contribution in [0.15, 0.2) is 52.9 Å². The molecule has 0 saturated heterocycles. The van der Waals surface area contributed by atoms with Gasteiger partial charge in [-0.05, 0) is 24.3 Å². The minimum atomic E-state index is 0.156. The Morgan fingerprint density at radius 3 is 2.74 bits per heavy atom. The van der Waals surface area contributed by atoms with E-state index < -0.39 is 0 Å². The zero-order chi connectivity index (χ0) is 13.2. The fourth-order valence-electron chi connectivity index (χ4n) is 1.89. The van der Waals surface area contributed by atoms with Crippen molar-refractivity contribution in [1.29, 1.82) is 5.26 Å². The van der Waals surface area contributed by atoms with E-state index in [0.29, 0.717) is 22.8 Å². The Morgan fingerprint density at radius 1 is 1.11 bits per heavy atom. The lowest BCUT2D eigenvalue weighted by Crippen LogP contribution is -1.88. The fourth-order valence-corrected chi connectivity index (χ4v) is 1.89. The summed E-state index contributed by atoms with van der Waals surface area (Å²) < 4.78 is 11.2. The number of ether oxygens (including phenoxy) is 1. The molecular weight excluding hydrogens is 240 g/mol. The van der Waals surface area contributed by atoms with Crippen LogP contribution in [0, 0.1) is 11.3 Å². The molecule has 0 spiro atoms. The molecule has 0 aliphatic carbocycles. The van der Waals surface area contributed by atoms with Gasteiger partial charge in [-0.1, -0.05) is 18.2 Å². The molecule has 0 unspecified atom stereocenters. The average Bonchev–Trinajstić information content (AvgIpc) is 2.77. The lowest BCUT2D eigenvalue weighted by Gasteiger charge is -2.04. The van der Waals surface area contributed by atoms with Crippen LogP contribution < -0.4 is 10.5 Å². The van der Waals surface area contributed by atoms with Gasteiger partial charge >= 0.3 is 0 Å². The number of anilines is 1. The number of nitrogens with zero attached hydrogens (tertiary/aromatic N) is 1. The predicted octanol–water partition coefficient (Wildman–Crippen LogP) is 3.68. The van der Waals surface area contributed by atoms with E-state index in [-0.39, 0.29) is 5.76 Å². The number of fused-ring (bicyclic) bond motifs is 1. The summed E-state index contributed by atoms with van der Waals surface area (Å²) in [5.41, 5.74) is 6.93. The molecule has 1 aromatic heterocycles. The second kappa shape index (κ2) is 4.39. The van der Waals surface area contributed by atoms with Crippen molar-refractivity contribution < 1.29 is 9.15 Å². The number of hydrogen-bond donors (Lipinski definition) is 1. The zero-order valence-corrected chi connectivity index (χ0v) is 9.96. The van der Waals surface area contributed by atoms with E-state index in [4.69, 9.17) is 20.1 Å². The van der Waals surface area contributed by atoms with E-state index in [9.17, 15) is 0 Å². The number of hydrogen-bond acceptors (Lipinski definition) is 4. The normalized spacial score (nSPS) is 10.3. The van der Waals surface area contributed by atoms with Crippen molar-refractivity contribution in [2.75, 3.05) is 5.73 Å². The van der Waals surface area contributed by atoms with E-state index >= 15 is 0 Å². The summed E-state index contributed by atoms with van der Waals surface area (Å²) in [6, 6.07) is 16.4. The number of rotatable bonds is 2. The molecule has 0 aliphatic rings. The molecule has 0 fully saturated rings. The van der Waals surface area contributed by atoms with E-state index in [2.05, 4.69) is 0 Å². The highest BCUT2D eigenvalue weighted by molar-refractivity contribution is 5.86. The van der Waals surface area contributed by atoms with Crippen LogP contribution in [0.4, 0.5) is 5.69 Å². The molecule has 0 atom stereocenters. The Hall–Kier alpha value is -2.93. The summed E-state index contributed by atoms with van der Waals surface area (Å²) in [6.45, 7) is 0. The molecule has 0 bridgehead atoms. The zero-order valence-electron chi connectivity index (χ0n) is 9.96. The molecule has 2 N–H and O–H groups in total. The van der Waals surface area contributed by atoms with Crippen LogP contribution in [0.2, 0.25) is 0 Å². The molecule has 92 valence electrons. The van der Waals surface area contributed by atoms with Gasteiger partial charge in [0.05, 0.1) is 5.39 Å². The Bertz CT molecular complexity index is 784. The van der Waals surface area contributed by atoms with Crippen molar-refractivity contribution in [2.45, 2.75) is 0 Å². The molecule has 0 radical (unpaired) electrons. The third-order valence-electron chi connectivity index (χ3n) is 2.73. The number of nitriles is 1. The number of furan rings is 1. The molecular formula is C15H10N2O2. The molecule has 1 heterocycles. The van der Waals surface area contributed by atoms with E-state index in [1.165, 1.54) is 0 Å². The fraction of sp³-hybridized carbons (Fsp3) is 0. The lowest BCUT2D eigenvalue weighted by molar-refractivity contribution is 0.467. The molecule has 0 aliphatic heterocycles. The minimum Gasteiger partial charge on any atom is -0.452 e. The van der Waals surface area contributed by atoms with Gasteiger partial charge in [0.15, 0.2) is 5.75 Å². The monoisotopic (exact) mass is 250 g/mol. The summed E-state index contributed by atoms with van der Waals surface area (Å²) in [6.07, 6.45) is 0. The second-order valence-corrected chi connectivity index (χ2v) is 4.04. The van der Waals surface area contributed by atoms with Gasteiger partial charge in [-0.15, -0.1) is 0 Å². The van der Waals surface area contributed by atoms with E-state index in [1.807, 2.05) is 24.3 Å². The number of nitrogens with two attached hydrogens (primary N) is 1. The van der Waals surface area contributed by atoms with E-state index in [1.54, 1.807) is 30.3 Å². The Morgan fingerprint density at radius 2 is 1.95 bits per heavy atom. The van der Waals surface area contributed by atoms with Gasteiger partial charge in [0.2, 0.25) is 5.76 Å². The molecule has 4 nitrogen and oxygen atoms in total. The van der Waals surface area contributed by atoms with Gasteiger partial charge in [-0.3, -0.25) is 0 Å². The molecule has 0 amide bonds. The van der Waals surface area contributed by atoms with Gasteiger partial charge in [-0.2, -0.15) is 5.26 Å². The second-order valence-electron chi connectivity index (χ2n) is 4.04.